The molecule has 2 fully saturated rings. The van der Waals surface area contributed by atoms with Crippen LogP contribution in [0.3, 0.4) is 0 Å². The molecule has 2 aliphatic heterocycles. The molecule has 0 spiro atoms. The van der Waals surface area contributed by atoms with Crippen molar-refractivity contribution in [1.29, 1.82) is 0 Å². The third-order valence-electron chi connectivity index (χ3n) is 9.37. The molecular weight excluding hydrogens is 808 g/mol. The highest BCUT2D eigenvalue weighted by molar-refractivity contribution is 5.81. The molecule has 2 heterocycles. The molecule has 1 saturated heterocycles. The van der Waals surface area contributed by atoms with E-state index in [4.69, 9.17) is 33.2 Å². The van der Waals surface area contributed by atoms with Crippen molar-refractivity contribution in [2.75, 3.05) is 26.7 Å². The molecule has 12 unspecified atom stereocenters. The Morgan fingerprint density at radius 1 is 0.836 bits per heavy atom. The highest BCUT2D eigenvalue weighted by Crippen LogP contribution is 2.33. The lowest BCUT2D eigenvalue weighted by molar-refractivity contribution is -0.304. The maximum Gasteiger partial charge on any atom is 0.408 e. The van der Waals surface area contributed by atoms with Crippen LogP contribution >= 0.6 is 0 Å². The second-order valence-corrected chi connectivity index (χ2v) is 18.5. The molecule has 1 saturated carbocycles. The molecule has 12 atom stereocenters. The van der Waals surface area contributed by atoms with Gasteiger partial charge in [0.25, 0.3) is 0 Å². The summed E-state index contributed by atoms with van der Waals surface area (Å²) >= 11 is 0. The summed E-state index contributed by atoms with van der Waals surface area (Å²) < 4.78 is 40.7. The number of alkyl carbamates (subject to hydrolysis) is 3. The average Bonchev–Trinajstić information content (AvgIpc) is 3.09. The van der Waals surface area contributed by atoms with Crippen LogP contribution in [0.1, 0.15) is 88.5 Å². The van der Waals surface area contributed by atoms with Crippen LogP contribution in [0.5, 0.6) is 0 Å². The van der Waals surface area contributed by atoms with Crippen LogP contribution in [-0.2, 0) is 42.7 Å². The van der Waals surface area contributed by atoms with E-state index in [9.17, 15) is 44.4 Å². The number of likely N-dealkylation sites (N-methyl/N-ethyl adjacent to an activating group) is 1. The standard InChI is InChI=1S/C39H68N6O16/c1-36(2,3)59-33(51)42-15-14-24(47)30(50)43-22-16-23(45-35(53)61-38(7,8)9)28(25(48)27(22)58-32-26(49)29(40-11)39(10,54)18-55-32)57-31-21(44-34(52)60-37(4,5)6)13-12-20(56-31)17-41-19-46/h12,19,21-29,31-32,40,47-49,54H,13-18H2,1-11H3,(H,41,46)(H,42,51)(H,43,50)(H,44,52)(H,45,53). The summed E-state index contributed by atoms with van der Waals surface area (Å²) in [6.45, 7) is 15.9. The fraction of sp³-hybridized carbons (Fsp3) is 0.821. The summed E-state index contributed by atoms with van der Waals surface area (Å²) in [6, 6.07) is -4.39. The molecule has 10 N–H and O–H groups in total. The van der Waals surface area contributed by atoms with Gasteiger partial charge in [0.15, 0.2) is 6.29 Å². The van der Waals surface area contributed by atoms with Crippen molar-refractivity contribution < 1.29 is 77.6 Å². The Morgan fingerprint density at radius 2 is 1.36 bits per heavy atom. The molecule has 1 aliphatic carbocycles. The molecule has 0 aromatic rings. The number of hydrogen-bond donors (Lipinski definition) is 10. The molecule has 5 amide bonds. The van der Waals surface area contributed by atoms with Crippen molar-refractivity contribution in [3.8, 4) is 0 Å². The van der Waals surface area contributed by atoms with E-state index < -0.39 is 114 Å². The molecule has 0 aromatic heterocycles. The topological polar surface area (TPSA) is 303 Å². The maximum absolute atomic E-state index is 13.6. The monoisotopic (exact) mass is 876 g/mol. The van der Waals surface area contributed by atoms with E-state index in [0.29, 0.717) is 6.41 Å². The molecule has 3 aliphatic rings. The minimum atomic E-state index is -1.82. The summed E-state index contributed by atoms with van der Waals surface area (Å²) in [6.07, 6.45) is -11.8. The molecular formula is C39H68N6O16. The minimum Gasteiger partial charge on any atom is -0.465 e. The van der Waals surface area contributed by atoms with Gasteiger partial charge in [0.1, 0.15) is 58.7 Å². The van der Waals surface area contributed by atoms with Gasteiger partial charge >= 0.3 is 18.3 Å². The molecule has 22 nitrogen and oxygen atoms in total. The van der Waals surface area contributed by atoms with E-state index in [1.165, 1.54) is 14.0 Å². The van der Waals surface area contributed by atoms with Crippen LogP contribution in [0, 0.1) is 0 Å². The number of ether oxygens (including phenoxy) is 7. The average molecular weight is 877 g/mol. The first-order valence-electron chi connectivity index (χ1n) is 20.3. The normalized spacial score (nSPS) is 31.2. The summed E-state index contributed by atoms with van der Waals surface area (Å²) in [4.78, 5) is 63.2. The summed E-state index contributed by atoms with van der Waals surface area (Å²) in [7, 11) is 1.51. The number of aliphatic hydroxyl groups is 4. The number of amides is 5. The predicted octanol–water partition coefficient (Wildman–Crippen LogP) is -0.499. The Hall–Kier alpha value is -4.03. The molecule has 0 radical (unpaired) electrons. The molecule has 61 heavy (non-hydrogen) atoms. The quantitative estimate of drug-likeness (QED) is 0.0733. The van der Waals surface area contributed by atoms with Crippen LogP contribution in [0.4, 0.5) is 14.4 Å². The first-order valence-corrected chi connectivity index (χ1v) is 20.3. The van der Waals surface area contributed by atoms with Crippen molar-refractivity contribution in [1.82, 2.24) is 31.9 Å². The zero-order valence-electron chi connectivity index (χ0n) is 36.9. The fourth-order valence-electron chi connectivity index (χ4n) is 6.82. The van der Waals surface area contributed by atoms with Gasteiger partial charge in [0.2, 0.25) is 18.6 Å². The Labute approximate surface area is 356 Å². The van der Waals surface area contributed by atoms with E-state index >= 15 is 0 Å². The van der Waals surface area contributed by atoms with Gasteiger partial charge in [-0.25, -0.2) is 14.4 Å². The van der Waals surface area contributed by atoms with Crippen LogP contribution < -0.4 is 31.9 Å². The fourth-order valence-corrected chi connectivity index (χ4v) is 6.82. The molecule has 22 heteroatoms. The summed E-state index contributed by atoms with van der Waals surface area (Å²) in [5, 5.41) is 61.3. The first-order chi connectivity index (χ1) is 28.1. The third kappa shape index (κ3) is 16.3. The Kier molecular flexibility index (Phi) is 18.0. The lowest BCUT2D eigenvalue weighted by Crippen LogP contribution is -2.70. The van der Waals surface area contributed by atoms with E-state index in [2.05, 4.69) is 31.9 Å². The molecule has 0 bridgehead atoms. The largest absolute Gasteiger partial charge is 0.465 e. The highest BCUT2D eigenvalue weighted by atomic mass is 16.7. The van der Waals surface area contributed by atoms with Crippen molar-refractivity contribution in [3.63, 3.8) is 0 Å². The van der Waals surface area contributed by atoms with E-state index in [1.807, 2.05) is 0 Å². The van der Waals surface area contributed by atoms with Gasteiger partial charge in [-0.1, -0.05) is 0 Å². The van der Waals surface area contributed by atoms with Crippen LogP contribution in [-0.4, -0.2) is 167 Å². The van der Waals surface area contributed by atoms with E-state index in [-0.39, 0.29) is 44.7 Å². The maximum atomic E-state index is 13.6. The highest BCUT2D eigenvalue weighted by Gasteiger charge is 2.53. The number of aliphatic hydroxyl groups excluding tert-OH is 3. The zero-order valence-corrected chi connectivity index (χ0v) is 36.9. The van der Waals surface area contributed by atoms with Crippen LogP contribution in [0.25, 0.3) is 0 Å². The van der Waals surface area contributed by atoms with Gasteiger partial charge in [-0.05, 0) is 102 Å². The number of rotatable bonds is 15. The second kappa shape index (κ2) is 21.4. The van der Waals surface area contributed by atoms with Gasteiger partial charge in [-0.2, -0.15) is 0 Å². The third-order valence-corrected chi connectivity index (χ3v) is 9.37. The lowest BCUT2D eigenvalue weighted by atomic mass is 9.82. The smallest absolute Gasteiger partial charge is 0.408 e. The Morgan fingerprint density at radius 3 is 1.90 bits per heavy atom. The number of carbonyl (C=O) groups is 5. The number of nitrogens with one attached hydrogen (secondary N) is 6. The van der Waals surface area contributed by atoms with Crippen LogP contribution in [0.15, 0.2) is 11.8 Å². The zero-order chi connectivity index (χ0) is 46.1. The van der Waals surface area contributed by atoms with Crippen molar-refractivity contribution >= 4 is 30.6 Å². The Bertz CT molecular complexity index is 1530. The summed E-state index contributed by atoms with van der Waals surface area (Å²) in [5.74, 6) is -0.693. The van der Waals surface area contributed by atoms with Crippen molar-refractivity contribution in [2.24, 2.45) is 0 Å². The van der Waals surface area contributed by atoms with E-state index in [0.717, 1.165) is 0 Å². The van der Waals surface area contributed by atoms with Crippen molar-refractivity contribution in [2.45, 2.75) is 178 Å². The summed E-state index contributed by atoms with van der Waals surface area (Å²) in [5.41, 5.74) is -4.17. The molecule has 350 valence electrons. The first kappa shape index (κ1) is 51.3. The van der Waals surface area contributed by atoms with E-state index in [1.54, 1.807) is 68.4 Å². The van der Waals surface area contributed by atoms with Crippen molar-refractivity contribution in [3.05, 3.63) is 11.8 Å². The molecule has 3 rings (SSSR count). The van der Waals surface area contributed by atoms with Gasteiger partial charge in [0.05, 0.1) is 37.3 Å². The minimum absolute atomic E-state index is 0.0574. The SMILES string of the molecule is CNC1C(O)C(OC2C(NC(=O)C(O)CCNC(=O)OC(C)(C)C)CC(NC(=O)OC(C)(C)C)C(OC3OC(CNC=O)=CCC3NC(=O)OC(C)(C)C)C2O)OCC1(C)O. The number of hydrogen-bond acceptors (Lipinski definition) is 17. The number of carbonyl (C=O) groups excluding carboxylic acids is 5. The second-order valence-electron chi connectivity index (χ2n) is 18.5. The van der Waals surface area contributed by atoms with Gasteiger partial charge in [-0.15, -0.1) is 0 Å². The van der Waals surface area contributed by atoms with Gasteiger partial charge in [0, 0.05) is 6.54 Å². The molecule has 0 aromatic carbocycles. The predicted molar refractivity (Wildman–Crippen MR) is 214 cm³/mol. The Balaban J connectivity index is 2.02. The van der Waals surface area contributed by atoms with Crippen LogP contribution in [0.2, 0.25) is 0 Å². The lowest BCUT2D eigenvalue weighted by Gasteiger charge is -2.49. The van der Waals surface area contributed by atoms with Gasteiger partial charge in [-0.3, -0.25) is 9.59 Å². The van der Waals surface area contributed by atoms with Gasteiger partial charge < -0.3 is 85.5 Å².